The van der Waals surface area contributed by atoms with Crippen LogP contribution in [-0.4, -0.2) is 112 Å². The molecule has 4 aromatic rings. The van der Waals surface area contributed by atoms with Crippen LogP contribution in [-0.2, 0) is 32.5 Å². The number of nitrogens with one attached hydrogen (secondary N) is 3. The van der Waals surface area contributed by atoms with Crippen molar-refractivity contribution in [3.63, 3.8) is 0 Å². The summed E-state index contributed by atoms with van der Waals surface area (Å²) >= 11 is 6.52. The zero-order valence-corrected chi connectivity index (χ0v) is 34.5. The Balaban J connectivity index is 0.818. The van der Waals surface area contributed by atoms with Gasteiger partial charge in [-0.3, -0.25) is 24.1 Å². The summed E-state index contributed by atoms with van der Waals surface area (Å²) in [5.74, 6) is 0.716. The van der Waals surface area contributed by atoms with E-state index in [1.165, 1.54) is 35.2 Å². The minimum absolute atomic E-state index is 0.181. The summed E-state index contributed by atoms with van der Waals surface area (Å²) in [6.07, 6.45) is 7.63. The standard InChI is InChI=1S/C42H50ClN9O5S/c1-57-37-26-32(10-12-35(37)46-42-44-27-34(43)40(48-42)45-36-5-3-4-30-15-21-52(39(30)36)58(2,55)56)51-24-22-50(23-25-51)31-16-19-49(20-17-31)18-14-28-6-8-29(9-7-28)33-11-13-38(53)47-41(33)54/h3-10,12,26-27,31,33H,11,13-25H2,1-2H3,(H,47,53,54)(H2,44,45,46,48). The van der Waals surface area contributed by atoms with Gasteiger partial charge in [-0.25, -0.2) is 13.4 Å². The van der Waals surface area contributed by atoms with Crippen LogP contribution in [0.4, 0.5) is 34.5 Å². The molecule has 4 aliphatic heterocycles. The molecular formula is C42H50ClN9O5S. The van der Waals surface area contributed by atoms with Gasteiger partial charge in [-0.1, -0.05) is 48.0 Å². The van der Waals surface area contributed by atoms with E-state index in [-0.39, 0.29) is 17.7 Å². The number of rotatable bonds is 12. The van der Waals surface area contributed by atoms with Gasteiger partial charge in [0.1, 0.15) is 10.8 Å². The Bertz CT molecular complexity index is 2260. The summed E-state index contributed by atoms with van der Waals surface area (Å²) in [7, 11) is -1.81. The van der Waals surface area contributed by atoms with Gasteiger partial charge in [-0.2, -0.15) is 4.98 Å². The predicted octanol–water partition coefficient (Wildman–Crippen LogP) is 5.30. The Morgan fingerprint density at radius 1 is 0.897 bits per heavy atom. The molecule has 0 saturated carbocycles. The monoisotopic (exact) mass is 827 g/mol. The first-order valence-electron chi connectivity index (χ1n) is 20.0. The third-order valence-corrected chi connectivity index (χ3v) is 13.3. The SMILES string of the molecule is COc1cc(N2CCN(C3CCN(CCc4ccc(C5CCC(=O)NC5=O)cc4)CC3)CC2)ccc1Nc1ncc(Cl)c(Nc2cccc3c2N(S(C)(=O)=O)CC3)n1. The van der Waals surface area contributed by atoms with Crippen molar-refractivity contribution in [1.29, 1.82) is 0 Å². The van der Waals surface area contributed by atoms with E-state index in [1.807, 2.05) is 42.5 Å². The van der Waals surface area contributed by atoms with Gasteiger partial charge in [0.2, 0.25) is 27.8 Å². The number of likely N-dealkylation sites (tertiary alicyclic amines) is 1. The summed E-state index contributed by atoms with van der Waals surface area (Å²) < 4.78 is 32.2. The smallest absolute Gasteiger partial charge is 0.234 e. The molecule has 1 aromatic heterocycles. The van der Waals surface area contributed by atoms with E-state index < -0.39 is 10.0 Å². The fourth-order valence-corrected chi connectivity index (χ4v) is 9.77. The van der Waals surface area contributed by atoms with Gasteiger partial charge in [-0.05, 0) is 80.1 Å². The molecule has 3 fully saturated rings. The number of carbonyl (C=O) groups is 2. The topological polar surface area (TPSA) is 152 Å². The van der Waals surface area contributed by atoms with E-state index in [9.17, 15) is 18.0 Å². The van der Waals surface area contributed by atoms with Gasteiger partial charge in [-0.15, -0.1) is 0 Å². The highest BCUT2D eigenvalue weighted by molar-refractivity contribution is 7.92. The Kier molecular flexibility index (Phi) is 11.7. The minimum Gasteiger partial charge on any atom is -0.494 e. The summed E-state index contributed by atoms with van der Waals surface area (Å²) in [5, 5.41) is 9.28. The first-order chi connectivity index (χ1) is 28.0. The number of aromatic nitrogens is 2. The zero-order valence-electron chi connectivity index (χ0n) is 32.9. The molecule has 4 aliphatic rings. The van der Waals surface area contributed by atoms with Crippen molar-refractivity contribution in [1.82, 2.24) is 25.1 Å². The fraction of sp³-hybridized carbons (Fsp3) is 0.429. The van der Waals surface area contributed by atoms with Crippen LogP contribution >= 0.6 is 11.6 Å². The van der Waals surface area contributed by atoms with E-state index >= 15 is 0 Å². The molecule has 58 heavy (non-hydrogen) atoms. The number of piperidine rings is 2. The summed E-state index contributed by atoms with van der Waals surface area (Å²) in [6, 6.07) is 20.7. The molecule has 3 aromatic carbocycles. The quantitative estimate of drug-likeness (QED) is 0.159. The van der Waals surface area contributed by atoms with Crippen molar-refractivity contribution >= 4 is 68.0 Å². The second kappa shape index (κ2) is 17.1. The number of sulfonamides is 1. The number of fused-ring (bicyclic) bond motifs is 1. The highest BCUT2D eigenvalue weighted by Gasteiger charge is 2.31. The second-order valence-corrected chi connectivity index (χ2v) is 17.8. The normalized spacial score (nSPS) is 19.5. The molecule has 1 atom stereocenters. The van der Waals surface area contributed by atoms with Gasteiger partial charge >= 0.3 is 0 Å². The molecule has 0 spiro atoms. The van der Waals surface area contributed by atoms with Crippen molar-refractivity contribution in [2.75, 3.05) is 85.6 Å². The van der Waals surface area contributed by atoms with Crippen LogP contribution in [0.2, 0.25) is 5.02 Å². The fourth-order valence-electron chi connectivity index (χ4n) is 8.67. The van der Waals surface area contributed by atoms with E-state index in [1.54, 1.807) is 7.11 Å². The maximum absolute atomic E-state index is 12.5. The number of halogens is 1. The molecule has 0 radical (unpaired) electrons. The molecule has 306 valence electrons. The minimum atomic E-state index is -3.45. The number of para-hydroxylation sites is 1. The first-order valence-corrected chi connectivity index (χ1v) is 22.2. The highest BCUT2D eigenvalue weighted by atomic mass is 35.5. The number of methoxy groups -OCH3 is 1. The average Bonchev–Trinajstić information content (AvgIpc) is 3.69. The van der Waals surface area contributed by atoms with Crippen molar-refractivity contribution in [2.45, 2.75) is 50.5 Å². The van der Waals surface area contributed by atoms with Crippen molar-refractivity contribution < 1.29 is 22.7 Å². The number of ether oxygens (including phenoxy) is 1. The average molecular weight is 828 g/mol. The largest absolute Gasteiger partial charge is 0.494 e. The van der Waals surface area contributed by atoms with Crippen LogP contribution in [0.15, 0.2) is 66.9 Å². The van der Waals surface area contributed by atoms with E-state index in [4.69, 9.17) is 16.3 Å². The Labute approximate surface area is 345 Å². The van der Waals surface area contributed by atoms with E-state index in [0.29, 0.717) is 71.4 Å². The van der Waals surface area contributed by atoms with Gasteiger partial charge in [0.15, 0.2) is 5.82 Å². The van der Waals surface area contributed by atoms with Crippen molar-refractivity contribution in [3.05, 3.63) is 88.6 Å². The molecular weight excluding hydrogens is 778 g/mol. The van der Waals surface area contributed by atoms with Gasteiger partial charge in [0.25, 0.3) is 0 Å². The molecule has 0 aliphatic carbocycles. The maximum Gasteiger partial charge on any atom is 0.234 e. The van der Waals surface area contributed by atoms with Crippen molar-refractivity contribution in [3.8, 4) is 5.75 Å². The van der Waals surface area contributed by atoms with E-state index in [2.05, 4.69) is 58.8 Å². The van der Waals surface area contributed by atoms with Crippen molar-refractivity contribution in [2.24, 2.45) is 0 Å². The molecule has 0 bridgehead atoms. The summed E-state index contributed by atoms with van der Waals surface area (Å²) in [4.78, 5) is 40.4. The zero-order chi connectivity index (χ0) is 40.4. The van der Waals surface area contributed by atoms with Crippen LogP contribution in [0.5, 0.6) is 5.75 Å². The first kappa shape index (κ1) is 39.8. The molecule has 16 heteroatoms. The number of hydrogen-bond acceptors (Lipinski definition) is 12. The van der Waals surface area contributed by atoms with Crippen LogP contribution in [0.1, 0.15) is 48.3 Å². The predicted molar refractivity (Wildman–Crippen MR) is 227 cm³/mol. The lowest BCUT2D eigenvalue weighted by molar-refractivity contribution is -0.134. The second-order valence-electron chi connectivity index (χ2n) is 15.5. The number of benzene rings is 3. The number of hydrogen-bond donors (Lipinski definition) is 3. The number of amides is 2. The van der Waals surface area contributed by atoms with E-state index in [0.717, 1.165) is 69.0 Å². The summed E-state index contributed by atoms with van der Waals surface area (Å²) in [5.41, 5.74) is 6.20. The molecule has 3 N–H and O–H groups in total. The third-order valence-electron chi connectivity index (χ3n) is 11.9. The number of imide groups is 1. The molecule has 14 nitrogen and oxygen atoms in total. The Morgan fingerprint density at radius 2 is 1.67 bits per heavy atom. The third kappa shape index (κ3) is 8.87. The number of piperazine rings is 1. The number of carbonyl (C=O) groups excluding carboxylic acids is 2. The molecule has 8 rings (SSSR count). The lowest BCUT2D eigenvalue weighted by Crippen LogP contribution is -2.53. The molecule has 3 saturated heterocycles. The summed E-state index contributed by atoms with van der Waals surface area (Å²) in [6.45, 7) is 7.47. The maximum atomic E-state index is 12.5. The lowest BCUT2D eigenvalue weighted by atomic mass is 9.90. The molecule has 1 unspecified atom stereocenters. The lowest BCUT2D eigenvalue weighted by Gasteiger charge is -2.43. The van der Waals surface area contributed by atoms with Gasteiger partial charge < -0.3 is 25.2 Å². The van der Waals surface area contributed by atoms with Crippen LogP contribution in [0.3, 0.4) is 0 Å². The number of anilines is 6. The number of nitrogens with zero attached hydrogens (tertiary/aromatic N) is 6. The van der Waals surface area contributed by atoms with Crippen LogP contribution < -0.4 is 29.9 Å². The van der Waals surface area contributed by atoms with Crippen LogP contribution in [0, 0.1) is 0 Å². The van der Waals surface area contributed by atoms with Crippen LogP contribution in [0.25, 0.3) is 0 Å². The molecule has 5 heterocycles. The highest BCUT2D eigenvalue weighted by Crippen LogP contribution is 2.40. The van der Waals surface area contributed by atoms with Gasteiger partial charge in [0, 0.05) is 63.5 Å². The van der Waals surface area contributed by atoms with Gasteiger partial charge in [0.05, 0.1) is 42.5 Å². The molecule has 2 amide bonds. The Hall–Kier alpha value is -4.96. The Morgan fingerprint density at radius 3 is 2.40 bits per heavy atom.